The number of ether oxygens (including phenoxy) is 2. The molecule has 0 bridgehead atoms. The summed E-state index contributed by atoms with van der Waals surface area (Å²) in [4.78, 5) is 10.9. The Morgan fingerprint density at radius 1 is 1.08 bits per heavy atom. The molecule has 2 aromatic carbocycles. The number of halogens is 3. The summed E-state index contributed by atoms with van der Waals surface area (Å²) < 4.78 is 47.0. The molecule has 0 aromatic heterocycles. The standard InChI is InChI=1S/C17H13F3O4/c1-11(16(21)22)13-7-8-14(15(9-13)24-17(18,19)20)23-10-12-5-3-2-4-6-12/h2-9H,1,10H2,(H,21,22). The van der Waals surface area contributed by atoms with E-state index in [2.05, 4.69) is 11.3 Å². The van der Waals surface area contributed by atoms with Crippen LogP contribution < -0.4 is 9.47 Å². The van der Waals surface area contributed by atoms with Crippen molar-refractivity contribution in [2.45, 2.75) is 13.0 Å². The Morgan fingerprint density at radius 3 is 2.33 bits per heavy atom. The molecule has 0 fully saturated rings. The van der Waals surface area contributed by atoms with E-state index in [4.69, 9.17) is 9.84 Å². The quantitative estimate of drug-likeness (QED) is 0.800. The zero-order valence-electron chi connectivity index (χ0n) is 12.3. The summed E-state index contributed by atoms with van der Waals surface area (Å²) in [6, 6.07) is 12.3. The molecule has 0 unspecified atom stereocenters. The van der Waals surface area contributed by atoms with Crippen molar-refractivity contribution in [2.24, 2.45) is 0 Å². The Hall–Kier alpha value is -2.96. The molecule has 0 radical (unpaired) electrons. The molecule has 7 heteroatoms. The van der Waals surface area contributed by atoms with E-state index in [0.29, 0.717) is 0 Å². The monoisotopic (exact) mass is 338 g/mol. The second-order valence-electron chi connectivity index (χ2n) is 4.77. The lowest BCUT2D eigenvalue weighted by Gasteiger charge is -2.15. The van der Waals surface area contributed by atoms with E-state index in [9.17, 15) is 18.0 Å². The first-order chi connectivity index (χ1) is 11.3. The van der Waals surface area contributed by atoms with Gasteiger partial charge in [0.25, 0.3) is 0 Å². The number of aliphatic carboxylic acids is 1. The topological polar surface area (TPSA) is 55.8 Å². The molecule has 2 aromatic rings. The smallest absolute Gasteiger partial charge is 0.485 e. The van der Waals surface area contributed by atoms with E-state index < -0.39 is 18.1 Å². The lowest BCUT2D eigenvalue weighted by molar-refractivity contribution is -0.275. The Labute approximate surface area is 135 Å². The number of rotatable bonds is 6. The lowest BCUT2D eigenvalue weighted by Crippen LogP contribution is -2.18. The highest BCUT2D eigenvalue weighted by atomic mass is 19.4. The van der Waals surface area contributed by atoms with Crippen LogP contribution in [0.3, 0.4) is 0 Å². The van der Waals surface area contributed by atoms with Crippen LogP contribution in [0.2, 0.25) is 0 Å². The van der Waals surface area contributed by atoms with E-state index in [-0.39, 0.29) is 23.5 Å². The van der Waals surface area contributed by atoms with Gasteiger partial charge >= 0.3 is 12.3 Å². The number of carbonyl (C=O) groups is 1. The minimum absolute atomic E-state index is 0.00573. The van der Waals surface area contributed by atoms with Crippen LogP contribution in [0, 0.1) is 0 Å². The van der Waals surface area contributed by atoms with Crippen LogP contribution in [0.1, 0.15) is 11.1 Å². The van der Waals surface area contributed by atoms with Crippen molar-refractivity contribution < 1.29 is 32.5 Å². The minimum Gasteiger partial charge on any atom is -0.485 e. The summed E-state index contributed by atoms with van der Waals surface area (Å²) in [6.45, 7) is 3.34. The summed E-state index contributed by atoms with van der Waals surface area (Å²) in [7, 11) is 0. The van der Waals surface area contributed by atoms with E-state index in [1.54, 1.807) is 30.3 Å². The van der Waals surface area contributed by atoms with Gasteiger partial charge in [-0.15, -0.1) is 13.2 Å². The van der Waals surface area contributed by atoms with Crippen molar-refractivity contribution in [1.82, 2.24) is 0 Å². The van der Waals surface area contributed by atoms with E-state index >= 15 is 0 Å². The fourth-order valence-electron chi connectivity index (χ4n) is 1.88. The van der Waals surface area contributed by atoms with Crippen molar-refractivity contribution >= 4 is 11.5 Å². The number of carboxylic acid groups (broad SMARTS) is 1. The number of hydrogen-bond acceptors (Lipinski definition) is 3. The summed E-state index contributed by atoms with van der Waals surface area (Å²) >= 11 is 0. The van der Waals surface area contributed by atoms with Gasteiger partial charge in [-0.2, -0.15) is 0 Å². The van der Waals surface area contributed by atoms with Crippen molar-refractivity contribution in [3.63, 3.8) is 0 Å². The fourth-order valence-corrected chi connectivity index (χ4v) is 1.88. The molecule has 0 aliphatic rings. The normalized spacial score (nSPS) is 11.0. The van der Waals surface area contributed by atoms with Gasteiger partial charge in [-0.1, -0.05) is 43.0 Å². The first-order valence-corrected chi connectivity index (χ1v) is 6.75. The molecule has 0 aliphatic carbocycles. The van der Waals surface area contributed by atoms with Crippen LogP contribution in [0.15, 0.2) is 55.1 Å². The average Bonchev–Trinajstić information content (AvgIpc) is 2.52. The van der Waals surface area contributed by atoms with Crippen LogP contribution in [0.4, 0.5) is 13.2 Å². The van der Waals surface area contributed by atoms with Gasteiger partial charge in [-0.3, -0.25) is 0 Å². The molecule has 1 N–H and O–H groups in total. The maximum Gasteiger partial charge on any atom is 0.573 e. The molecular weight excluding hydrogens is 325 g/mol. The van der Waals surface area contributed by atoms with Gasteiger partial charge in [0.15, 0.2) is 11.5 Å². The highest BCUT2D eigenvalue weighted by molar-refractivity contribution is 6.14. The summed E-state index contributed by atoms with van der Waals surface area (Å²) in [5, 5.41) is 8.89. The Kier molecular flexibility index (Phi) is 5.13. The predicted molar refractivity (Wildman–Crippen MR) is 80.6 cm³/mol. The van der Waals surface area contributed by atoms with Crippen molar-refractivity contribution in [2.75, 3.05) is 0 Å². The third kappa shape index (κ3) is 4.77. The Bertz CT molecular complexity index is 739. The molecule has 0 heterocycles. The summed E-state index contributed by atoms with van der Waals surface area (Å²) in [5.74, 6) is -2.12. The summed E-state index contributed by atoms with van der Waals surface area (Å²) in [6.07, 6.45) is -4.94. The lowest BCUT2D eigenvalue weighted by atomic mass is 10.1. The van der Waals surface area contributed by atoms with Gasteiger partial charge < -0.3 is 14.6 Å². The van der Waals surface area contributed by atoms with Gasteiger partial charge in [0.05, 0.1) is 5.57 Å². The van der Waals surface area contributed by atoms with Gasteiger partial charge in [-0.05, 0) is 23.3 Å². The van der Waals surface area contributed by atoms with E-state index in [1.165, 1.54) is 12.1 Å². The molecule has 0 saturated carbocycles. The largest absolute Gasteiger partial charge is 0.573 e. The van der Waals surface area contributed by atoms with Crippen LogP contribution in [-0.2, 0) is 11.4 Å². The first-order valence-electron chi connectivity index (χ1n) is 6.75. The SMILES string of the molecule is C=C(C(=O)O)c1ccc(OCc2ccccc2)c(OC(F)(F)F)c1. The second kappa shape index (κ2) is 7.08. The van der Waals surface area contributed by atoms with Crippen molar-refractivity contribution in [1.29, 1.82) is 0 Å². The number of carboxylic acids is 1. The first kappa shape index (κ1) is 17.4. The van der Waals surface area contributed by atoms with Gasteiger partial charge in [0.1, 0.15) is 6.61 Å². The molecule has 0 atom stereocenters. The van der Waals surface area contributed by atoms with Crippen LogP contribution in [0.25, 0.3) is 5.57 Å². The third-order valence-corrected chi connectivity index (χ3v) is 3.01. The zero-order valence-corrected chi connectivity index (χ0v) is 12.3. The van der Waals surface area contributed by atoms with Gasteiger partial charge in [0, 0.05) is 0 Å². The highest BCUT2D eigenvalue weighted by Crippen LogP contribution is 2.35. The molecule has 0 amide bonds. The number of benzene rings is 2. The fraction of sp³-hybridized carbons (Fsp3) is 0.118. The van der Waals surface area contributed by atoms with Crippen molar-refractivity contribution in [3.05, 3.63) is 66.2 Å². The van der Waals surface area contributed by atoms with Gasteiger partial charge in [0.2, 0.25) is 0 Å². The second-order valence-corrected chi connectivity index (χ2v) is 4.77. The molecule has 0 aliphatic heterocycles. The molecule has 0 saturated heterocycles. The minimum atomic E-state index is -4.94. The van der Waals surface area contributed by atoms with Crippen LogP contribution in [0.5, 0.6) is 11.5 Å². The maximum absolute atomic E-state index is 12.6. The number of hydrogen-bond donors (Lipinski definition) is 1. The summed E-state index contributed by atoms with van der Waals surface area (Å²) in [5.41, 5.74) is 0.403. The molecule has 126 valence electrons. The number of alkyl halides is 3. The molecule has 24 heavy (non-hydrogen) atoms. The zero-order chi connectivity index (χ0) is 17.7. The van der Waals surface area contributed by atoms with Crippen LogP contribution >= 0.6 is 0 Å². The highest BCUT2D eigenvalue weighted by Gasteiger charge is 2.33. The molecule has 0 spiro atoms. The predicted octanol–water partition coefficient (Wildman–Crippen LogP) is 4.26. The van der Waals surface area contributed by atoms with E-state index in [1.807, 2.05) is 0 Å². The Morgan fingerprint density at radius 2 is 1.75 bits per heavy atom. The van der Waals surface area contributed by atoms with Crippen molar-refractivity contribution in [3.8, 4) is 11.5 Å². The van der Waals surface area contributed by atoms with Crippen LogP contribution in [-0.4, -0.2) is 17.4 Å². The molecule has 4 nitrogen and oxygen atoms in total. The third-order valence-electron chi connectivity index (χ3n) is 3.01. The molecule has 2 rings (SSSR count). The van der Waals surface area contributed by atoms with Gasteiger partial charge in [-0.25, -0.2) is 4.79 Å². The molecular formula is C17H13F3O4. The van der Waals surface area contributed by atoms with E-state index in [0.717, 1.165) is 11.6 Å². The average molecular weight is 338 g/mol. The maximum atomic E-state index is 12.6. The Balaban J connectivity index is 2.28.